The largest absolute Gasteiger partial charge is 0.500 e. The molecule has 1 heterocycles. The number of carboxylic acids is 1. The van der Waals surface area contributed by atoms with Crippen molar-refractivity contribution in [3.8, 4) is 0 Å². The van der Waals surface area contributed by atoms with Gasteiger partial charge in [-0.3, -0.25) is 19.2 Å². The number of carbonyl (C=O) groups is 4. The van der Waals surface area contributed by atoms with Crippen molar-refractivity contribution < 1.29 is 38.2 Å². The van der Waals surface area contributed by atoms with Crippen LogP contribution in [0.25, 0.3) is 0 Å². The van der Waals surface area contributed by atoms with Gasteiger partial charge in [0.1, 0.15) is 12.6 Å². The highest BCUT2D eigenvalue weighted by Gasteiger charge is 2.58. The zero-order valence-electron chi connectivity index (χ0n) is 16.9. The summed E-state index contributed by atoms with van der Waals surface area (Å²) in [4.78, 5) is 56.5. The molecule has 1 fully saturated rings. The van der Waals surface area contributed by atoms with Crippen LogP contribution >= 0.6 is 19.9 Å². The Morgan fingerprint density at radius 2 is 1.90 bits per heavy atom. The Bertz CT molecular complexity index is 635. The smallest absolute Gasteiger partial charge is 0.480 e. The summed E-state index contributed by atoms with van der Waals surface area (Å²) in [5.41, 5.74) is -0.781. The number of hydrogen-bond acceptors (Lipinski definition) is 9. The van der Waals surface area contributed by atoms with Crippen LogP contribution in [0.2, 0.25) is 0 Å². The first kappa shape index (κ1) is 25.7. The van der Waals surface area contributed by atoms with Gasteiger partial charge in [-0.05, 0) is 6.92 Å². The van der Waals surface area contributed by atoms with E-state index in [0.29, 0.717) is 12.3 Å². The number of nitrogens with one attached hydrogen (secondary N) is 3. The predicted octanol–water partition coefficient (Wildman–Crippen LogP) is 0.0628. The quantitative estimate of drug-likeness (QED) is 0.225. The Morgan fingerprint density at radius 1 is 1.24 bits per heavy atom. The highest BCUT2D eigenvalue weighted by Crippen LogP contribution is 2.60. The Kier molecular flexibility index (Phi) is 9.93. The van der Waals surface area contributed by atoms with E-state index in [1.165, 1.54) is 13.8 Å². The molecule has 0 bridgehead atoms. The number of amides is 2. The lowest BCUT2D eigenvalue weighted by molar-refractivity contribution is -0.141. The van der Waals surface area contributed by atoms with Crippen molar-refractivity contribution in [2.45, 2.75) is 46.3 Å². The fourth-order valence-electron chi connectivity index (χ4n) is 2.28. The molecule has 5 N–H and O–H groups in total. The van der Waals surface area contributed by atoms with Gasteiger partial charge in [0, 0.05) is 37.6 Å². The van der Waals surface area contributed by atoms with E-state index in [1.54, 1.807) is 13.8 Å². The van der Waals surface area contributed by atoms with E-state index in [0.717, 1.165) is 11.8 Å². The number of rotatable bonds is 10. The standard InChI is InChI=1S/C16H28N3O8PS/c1-10(15(23)24)19-28(25)26-9-16(3,4)13(27-28)14(22)18-6-5-12(21)17-7-8-29-11(2)20/h10,13,19,25H,5-9H2,1-4H3,(H2-,17,18,21,22,23,24)/p+1/t10-,13-,28?/m0/s1. The molecule has 0 radical (unpaired) electrons. The second kappa shape index (κ2) is 11.2. The van der Waals surface area contributed by atoms with E-state index in [9.17, 15) is 24.1 Å². The number of aliphatic carboxylic acids is 1. The predicted molar refractivity (Wildman–Crippen MR) is 108 cm³/mol. The lowest BCUT2D eigenvalue weighted by Gasteiger charge is -2.37. The summed E-state index contributed by atoms with van der Waals surface area (Å²) in [7, 11) is -3.74. The summed E-state index contributed by atoms with van der Waals surface area (Å²) in [6.07, 6.45) is -1.06. The van der Waals surface area contributed by atoms with Crippen LogP contribution in [0.3, 0.4) is 0 Å². The monoisotopic (exact) mass is 454 g/mol. The average molecular weight is 454 g/mol. The Morgan fingerprint density at radius 3 is 2.48 bits per heavy atom. The molecule has 0 aromatic rings. The molecule has 3 atom stereocenters. The third-order valence-electron chi connectivity index (χ3n) is 3.92. The van der Waals surface area contributed by atoms with Gasteiger partial charge in [-0.15, -0.1) is 9.61 Å². The highest BCUT2D eigenvalue weighted by molar-refractivity contribution is 8.13. The maximum atomic E-state index is 12.5. The van der Waals surface area contributed by atoms with E-state index < -0.39 is 37.5 Å². The minimum Gasteiger partial charge on any atom is -0.480 e. The Balaban J connectivity index is 2.52. The van der Waals surface area contributed by atoms with Gasteiger partial charge in [0.15, 0.2) is 11.2 Å². The summed E-state index contributed by atoms with van der Waals surface area (Å²) in [5, 5.41) is 16.6. The van der Waals surface area contributed by atoms with Crippen molar-refractivity contribution >= 4 is 42.8 Å². The normalized spacial score (nSPS) is 24.4. The van der Waals surface area contributed by atoms with Gasteiger partial charge < -0.3 is 15.7 Å². The molecule has 1 aliphatic rings. The first-order valence-electron chi connectivity index (χ1n) is 8.99. The second-order valence-corrected chi connectivity index (χ2v) is 10.2. The molecule has 11 nitrogen and oxygen atoms in total. The van der Waals surface area contributed by atoms with Gasteiger partial charge in [-0.25, -0.2) is 0 Å². The maximum Gasteiger partial charge on any atom is 0.500 e. The highest BCUT2D eigenvalue weighted by atomic mass is 32.2. The lowest BCUT2D eigenvalue weighted by atomic mass is 9.87. The van der Waals surface area contributed by atoms with E-state index >= 15 is 0 Å². The molecule has 29 heavy (non-hydrogen) atoms. The van der Waals surface area contributed by atoms with Crippen LogP contribution in [0, 0.1) is 5.41 Å². The zero-order chi connectivity index (χ0) is 22.2. The van der Waals surface area contributed by atoms with Gasteiger partial charge in [0.2, 0.25) is 5.91 Å². The SMILES string of the molecule is CC(=O)SCCNC(=O)CCNC(=O)[C@@H]1O[P+](O)(N[C@@H](C)C(=O)O)OCC1(C)C. The minimum atomic E-state index is -3.74. The van der Waals surface area contributed by atoms with Crippen LogP contribution in [-0.2, 0) is 28.2 Å². The molecule has 1 aliphatic heterocycles. The van der Waals surface area contributed by atoms with E-state index in [4.69, 9.17) is 14.2 Å². The summed E-state index contributed by atoms with van der Waals surface area (Å²) in [6.45, 7) is 6.55. The molecule has 0 spiro atoms. The summed E-state index contributed by atoms with van der Waals surface area (Å²) < 4.78 is 10.8. The third kappa shape index (κ3) is 8.93. The van der Waals surface area contributed by atoms with Crippen LogP contribution in [0.4, 0.5) is 0 Å². The van der Waals surface area contributed by atoms with E-state index in [-0.39, 0.29) is 30.6 Å². The Labute approximate surface area is 174 Å². The first-order valence-corrected chi connectivity index (χ1v) is 11.6. The van der Waals surface area contributed by atoms with Crippen LogP contribution in [-0.4, -0.2) is 70.5 Å². The fourth-order valence-corrected chi connectivity index (χ4v) is 4.74. The molecular formula is C16H29N3O8PS+. The zero-order valence-corrected chi connectivity index (χ0v) is 18.6. The average Bonchev–Trinajstić information content (AvgIpc) is 2.60. The molecule has 0 aromatic heterocycles. The molecule has 0 aliphatic carbocycles. The van der Waals surface area contributed by atoms with Crippen LogP contribution in [0.1, 0.15) is 34.1 Å². The third-order valence-corrected chi connectivity index (χ3v) is 6.42. The first-order chi connectivity index (χ1) is 13.4. The molecule has 0 saturated carbocycles. The van der Waals surface area contributed by atoms with Gasteiger partial charge in [0.25, 0.3) is 5.91 Å². The van der Waals surface area contributed by atoms with Crippen LogP contribution in [0.15, 0.2) is 0 Å². The maximum absolute atomic E-state index is 12.5. The molecule has 166 valence electrons. The summed E-state index contributed by atoms with van der Waals surface area (Å²) >= 11 is 1.11. The fraction of sp³-hybridized carbons (Fsp3) is 0.750. The molecular weight excluding hydrogens is 425 g/mol. The number of thioether (sulfide) groups is 1. The molecule has 13 heteroatoms. The van der Waals surface area contributed by atoms with Gasteiger partial charge in [0.05, 0.1) is 0 Å². The second-order valence-electron chi connectivity index (χ2n) is 7.19. The topological polar surface area (TPSA) is 163 Å². The van der Waals surface area contributed by atoms with Crippen LogP contribution in [0.5, 0.6) is 0 Å². The Hall–Kier alpha value is -1.30. The lowest BCUT2D eigenvalue weighted by Crippen LogP contribution is -2.53. The van der Waals surface area contributed by atoms with Crippen molar-refractivity contribution in [2.24, 2.45) is 5.41 Å². The molecule has 1 saturated heterocycles. The van der Waals surface area contributed by atoms with Crippen molar-refractivity contribution in [3.63, 3.8) is 0 Å². The van der Waals surface area contributed by atoms with Crippen molar-refractivity contribution in [3.05, 3.63) is 0 Å². The molecule has 2 amide bonds. The molecule has 0 aromatic carbocycles. The molecule has 1 unspecified atom stereocenters. The van der Waals surface area contributed by atoms with Crippen molar-refractivity contribution in [1.29, 1.82) is 0 Å². The van der Waals surface area contributed by atoms with Crippen molar-refractivity contribution in [2.75, 3.05) is 25.4 Å². The summed E-state index contributed by atoms with van der Waals surface area (Å²) in [5.74, 6) is -1.55. The number of carboxylic acid groups (broad SMARTS) is 1. The number of hydrogen-bond donors (Lipinski definition) is 5. The minimum absolute atomic E-state index is 0.0248. The van der Waals surface area contributed by atoms with Gasteiger partial charge in [-0.1, -0.05) is 25.6 Å². The van der Waals surface area contributed by atoms with Gasteiger partial charge in [-0.2, -0.15) is 9.42 Å². The van der Waals surface area contributed by atoms with Gasteiger partial charge >= 0.3 is 14.1 Å². The van der Waals surface area contributed by atoms with E-state index in [1.807, 2.05) is 0 Å². The number of carbonyl (C=O) groups excluding carboxylic acids is 3. The van der Waals surface area contributed by atoms with Crippen molar-refractivity contribution in [1.82, 2.24) is 15.7 Å². The van der Waals surface area contributed by atoms with E-state index in [2.05, 4.69) is 15.7 Å². The summed E-state index contributed by atoms with van der Waals surface area (Å²) in [6, 6.07) is -1.14. The van der Waals surface area contributed by atoms with Crippen LogP contribution < -0.4 is 15.7 Å². The molecule has 1 rings (SSSR count).